The van der Waals surface area contributed by atoms with Gasteiger partial charge in [-0.1, -0.05) is 30.3 Å². The third-order valence-electron chi connectivity index (χ3n) is 2.49. The largest absolute Gasteiger partial charge is 0.353 e. The quantitative estimate of drug-likeness (QED) is 0.742. The molecule has 0 unspecified atom stereocenters. The summed E-state index contributed by atoms with van der Waals surface area (Å²) in [4.78, 5) is 13.7. The molecule has 0 aromatic heterocycles. The maximum Gasteiger partial charge on any atom is 0.237 e. The van der Waals surface area contributed by atoms with Crippen molar-refractivity contribution in [2.45, 2.75) is 12.5 Å². The summed E-state index contributed by atoms with van der Waals surface area (Å²) in [5, 5.41) is 2.83. The maximum atomic E-state index is 11.7. The SMILES string of the molecule is CN(C)CCNC(=O)[C@H](N)Cc1ccccc1. The fraction of sp³-hybridized carbons (Fsp3) is 0.462. The molecule has 0 aliphatic heterocycles. The molecule has 0 saturated carbocycles. The van der Waals surface area contributed by atoms with Gasteiger partial charge in [-0.15, -0.1) is 0 Å². The molecule has 0 bridgehead atoms. The molecule has 1 amide bonds. The van der Waals surface area contributed by atoms with E-state index >= 15 is 0 Å². The summed E-state index contributed by atoms with van der Waals surface area (Å²) >= 11 is 0. The molecule has 1 rings (SSSR count). The van der Waals surface area contributed by atoms with Crippen LogP contribution in [0.5, 0.6) is 0 Å². The van der Waals surface area contributed by atoms with Crippen molar-refractivity contribution in [1.82, 2.24) is 10.2 Å². The number of nitrogens with two attached hydrogens (primary N) is 1. The van der Waals surface area contributed by atoms with Gasteiger partial charge < -0.3 is 16.0 Å². The normalized spacial score (nSPS) is 12.5. The minimum Gasteiger partial charge on any atom is -0.353 e. The van der Waals surface area contributed by atoms with Crippen molar-refractivity contribution in [3.05, 3.63) is 35.9 Å². The molecule has 0 radical (unpaired) electrons. The first kappa shape index (κ1) is 13.7. The number of benzene rings is 1. The zero-order valence-corrected chi connectivity index (χ0v) is 10.5. The van der Waals surface area contributed by atoms with E-state index in [4.69, 9.17) is 5.73 Å². The monoisotopic (exact) mass is 235 g/mol. The minimum atomic E-state index is -0.473. The van der Waals surface area contributed by atoms with Crippen LogP contribution in [0, 0.1) is 0 Å². The zero-order valence-electron chi connectivity index (χ0n) is 10.5. The van der Waals surface area contributed by atoms with Crippen LogP contribution in [-0.4, -0.2) is 44.0 Å². The number of carbonyl (C=O) groups excluding carboxylic acids is 1. The first-order valence-electron chi connectivity index (χ1n) is 5.81. The highest BCUT2D eigenvalue weighted by molar-refractivity contribution is 5.81. The van der Waals surface area contributed by atoms with E-state index in [2.05, 4.69) is 5.32 Å². The van der Waals surface area contributed by atoms with Gasteiger partial charge in [-0.3, -0.25) is 4.79 Å². The van der Waals surface area contributed by atoms with Crippen molar-refractivity contribution in [3.8, 4) is 0 Å². The van der Waals surface area contributed by atoms with E-state index in [-0.39, 0.29) is 5.91 Å². The Morgan fingerprint density at radius 1 is 1.35 bits per heavy atom. The van der Waals surface area contributed by atoms with Crippen LogP contribution in [0.4, 0.5) is 0 Å². The summed E-state index contributed by atoms with van der Waals surface area (Å²) in [6.45, 7) is 1.46. The third kappa shape index (κ3) is 5.47. The van der Waals surface area contributed by atoms with Crippen LogP contribution in [-0.2, 0) is 11.2 Å². The van der Waals surface area contributed by atoms with Gasteiger partial charge in [-0.25, -0.2) is 0 Å². The Kier molecular flexibility index (Phi) is 5.66. The second-order valence-corrected chi connectivity index (χ2v) is 4.39. The molecule has 1 aromatic rings. The molecule has 0 heterocycles. The number of nitrogens with zero attached hydrogens (tertiary/aromatic N) is 1. The third-order valence-corrected chi connectivity index (χ3v) is 2.49. The summed E-state index contributed by atoms with van der Waals surface area (Å²) in [5.41, 5.74) is 6.93. The maximum absolute atomic E-state index is 11.7. The van der Waals surface area contributed by atoms with Gasteiger partial charge >= 0.3 is 0 Å². The molecule has 0 aliphatic rings. The van der Waals surface area contributed by atoms with Crippen molar-refractivity contribution in [3.63, 3.8) is 0 Å². The van der Waals surface area contributed by atoms with Gasteiger partial charge in [-0.2, -0.15) is 0 Å². The lowest BCUT2D eigenvalue weighted by Gasteiger charge is -2.14. The predicted molar refractivity (Wildman–Crippen MR) is 69.7 cm³/mol. The summed E-state index contributed by atoms with van der Waals surface area (Å²) in [6.07, 6.45) is 0.578. The Hall–Kier alpha value is -1.39. The Balaban J connectivity index is 2.32. The molecule has 0 spiro atoms. The zero-order chi connectivity index (χ0) is 12.7. The van der Waals surface area contributed by atoms with Gasteiger partial charge in [-0.05, 0) is 26.1 Å². The molecular formula is C13H21N3O. The van der Waals surface area contributed by atoms with Crippen molar-refractivity contribution in [2.24, 2.45) is 5.73 Å². The van der Waals surface area contributed by atoms with Crippen molar-refractivity contribution in [1.29, 1.82) is 0 Å². The lowest BCUT2D eigenvalue weighted by Crippen LogP contribution is -2.44. The summed E-state index contributed by atoms with van der Waals surface area (Å²) in [7, 11) is 3.94. The van der Waals surface area contributed by atoms with Crippen LogP contribution in [0.1, 0.15) is 5.56 Å². The highest BCUT2D eigenvalue weighted by Crippen LogP contribution is 2.01. The van der Waals surface area contributed by atoms with E-state index < -0.39 is 6.04 Å². The lowest BCUT2D eigenvalue weighted by molar-refractivity contribution is -0.122. The minimum absolute atomic E-state index is 0.0873. The molecular weight excluding hydrogens is 214 g/mol. The second kappa shape index (κ2) is 7.04. The van der Waals surface area contributed by atoms with Gasteiger partial charge in [0.1, 0.15) is 0 Å². The van der Waals surface area contributed by atoms with Crippen LogP contribution in [0.15, 0.2) is 30.3 Å². The van der Waals surface area contributed by atoms with Crippen LogP contribution in [0.2, 0.25) is 0 Å². The highest BCUT2D eigenvalue weighted by Gasteiger charge is 2.13. The van der Waals surface area contributed by atoms with Gasteiger partial charge in [0.25, 0.3) is 0 Å². The summed E-state index contributed by atoms with van der Waals surface area (Å²) < 4.78 is 0. The summed E-state index contributed by atoms with van der Waals surface area (Å²) in [5.74, 6) is -0.0873. The number of likely N-dealkylation sites (N-methyl/N-ethyl adjacent to an activating group) is 1. The van der Waals surface area contributed by atoms with E-state index in [0.29, 0.717) is 13.0 Å². The molecule has 1 aromatic carbocycles. The summed E-state index contributed by atoms with van der Waals surface area (Å²) in [6, 6.07) is 9.34. The van der Waals surface area contributed by atoms with Crippen LogP contribution in [0.3, 0.4) is 0 Å². The number of carbonyl (C=O) groups is 1. The van der Waals surface area contributed by atoms with E-state index in [0.717, 1.165) is 12.1 Å². The molecule has 0 aliphatic carbocycles. The number of nitrogens with one attached hydrogen (secondary N) is 1. The Morgan fingerprint density at radius 2 is 2.00 bits per heavy atom. The van der Waals surface area contributed by atoms with E-state index in [1.165, 1.54) is 0 Å². The molecule has 17 heavy (non-hydrogen) atoms. The first-order chi connectivity index (χ1) is 8.09. The predicted octanol–water partition coefficient (Wildman–Crippen LogP) is 0.234. The lowest BCUT2D eigenvalue weighted by atomic mass is 10.1. The molecule has 3 N–H and O–H groups in total. The molecule has 94 valence electrons. The molecule has 4 nitrogen and oxygen atoms in total. The molecule has 4 heteroatoms. The van der Waals surface area contributed by atoms with Crippen LogP contribution in [0.25, 0.3) is 0 Å². The average molecular weight is 235 g/mol. The standard InChI is InChI=1S/C13H21N3O/c1-16(2)9-8-15-13(17)12(14)10-11-6-4-3-5-7-11/h3-7,12H,8-10,14H2,1-2H3,(H,15,17)/t12-/m1/s1. The van der Waals surface area contributed by atoms with Gasteiger partial charge in [0.05, 0.1) is 6.04 Å². The van der Waals surface area contributed by atoms with E-state index in [9.17, 15) is 4.79 Å². The van der Waals surface area contributed by atoms with E-state index in [1.807, 2.05) is 49.3 Å². The first-order valence-corrected chi connectivity index (χ1v) is 5.81. The molecule has 1 atom stereocenters. The number of amides is 1. The Labute approximate surface area is 103 Å². The number of hydrogen-bond donors (Lipinski definition) is 2. The Bertz CT molecular complexity index is 338. The van der Waals surface area contributed by atoms with Gasteiger partial charge in [0, 0.05) is 13.1 Å². The fourth-order valence-corrected chi connectivity index (χ4v) is 1.49. The smallest absolute Gasteiger partial charge is 0.237 e. The van der Waals surface area contributed by atoms with Crippen molar-refractivity contribution >= 4 is 5.91 Å². The molecule has 0 fully saturated rings. The fourth-order valence-electron chi connectivity index (χ4n) is 1.49. The van der Waals surface area contributed by atoms with Crippen LogP contribution >= 0.6 is 0 Å². The van der Waals surface area contributed by atoms with Gasteiger partial charge in [0.15, 0.2) is 0 Å². The van der Waals surface area contributed by atoms with Crippen LogP contribution < -0.4 is 11.1 Å². The Morgan fingerprint density at radius 3 is 2.59 bits per heavy atom. The molecule has 0 saturated heterocycles. The van der Waals surface area contributed by atoms with Crippen molar-refractivity contribution < 1.29 is 4.79 Å². The number of rotatable bonds is 6. The second-order valence-electron chi connectivity index (χ2n) is 4.39. The van der Waals surface area contributed by atoms with Crippen molar-refractivity contribution in [2.75, 3.05) is 27.2 Å². The van der Waals surface area contributed by atoms with E-state index in [1.54, 1.807) is 0 Å². The highest BCUT2D eigenvalue weighted by atomic mass is 16.2. The van der Waals surface area contributed by atoms with Gasteiger partial charge in [0.2, 0.25) is 5.91 Å². The topological polar surface area (TPSA) is 58.4 Å². The number of hydrogen-bond acceptors (Lipinski definition) is 3. The average Bonchev–Trinajstić information content (AvgIpc) is 2.29.